The number of carbonyl (C=O) groups is 2. The van der Waals surface area contributed by atoms with Crippen LogP contribution in [0.5, 0.6) is 5.75 Å². The Morgan fingerprint density at radius 1 is 1.42 bits per heavy atom. The highest BCUT2D eigenvalue weighted by atomic mass is 16.5. The molecule has 7 nitrogen and oxygen atoms in total. The molecule has 0 unspecified atom stereocenters. The average molecular weight is 334 g/mol. The summed E-state index contributed by atoms with van der Waals surface area (Å²) in [4.78, 5) is 32.1. The quantitative estimate of drug-likeness (QED) is 0.873. The number of aromatic nitrogens is 1. The first-order valence-electron chi connectivity index (χ1n) is 8.15. The van der Waals surface area contributed by atoms with E-state index in [1.807, 2.05) is 6.07 Å². The van der Waals surface area contributed by atoms with Crippen LogP contribution in [-0.2, 0) is 16.1 Å². The van der Waals surface area contributed by atoms with Crippen LogP contribution in [0, 0.1) is 5.92 Å². The summed E-state index contributed by atoms with van der Waals surface area (Å²) in [6.45, 7) is 2.86. The molecule has 0 spiro atoms. The van der Waals surface area contributed by atoms with E-state index in [9.17, 15) is 9.59 Å². The van der Waals surface area contributed by atoms with Gasteiger partial charge in [0.25, 0.3) is 0 Å². The molecule has 0 aromatic carbocycles. The number of carbonyl (C=O) groups excluding carboxylic acids is 2. The number of methoxy groups -OCH3 is 1. The van der Waals surface area contributed by atoms with E-state index in [-0.39, 0.29) is 23.8 Å². The minimum Gasteiger partial charge on any atom is -0.497 e. The summed E-state index contributed by atoms with van der Waals surface area (Å²) in [5.41, 5.74) is 6.78. The summed E-state index contributed by atoms with van der Waals surface area (Å²) in [5, 5.41) is 0. The zero-order valence-corrected chi connectivity index (χ0v) is 14.6. The standard InChI is InChI=1S/C17H26N4O3/c1-12(22)21-9-13(4-5-14(18)10-21)17(23)20(2)11-15-8-16(24-3)6-7-19-15/h6-8,13-14H,4-5,9-11,18H2,1-3H3/t13-,14+/m1/s1. The topological polar surface area (TPSA) is 88.8 Å². The first-order chi connectivity index (χ1) is 11.4. The maximum Gasteiger partial charge on any atom is 0.227 e. The number of rotatable bonds is 4. The van der Waals surface area contributed by atoms with Gasteiger partial charge in [0.1, 0.15) is 5.75 Å². The molecule has 0 saturated carbocycles. The number of pyridine rings is 1. The summed E-state index contributed by atoms with van der Waals surface area (Å²) in [6.07, 6.45) is 3.10. The van der Waals surface area contributed by atoms with Crippen LogP contribution in [-0.4, -0.2) is 59.9 Å². The molecular weight excluding hydrogens is 308 g/mol. The van der Waals surface area contributed by atoms with Gasteiger partial charge in [-0.25, -0.2) is 0 Å². The van der Waals surface area contributed by atoms with Crippen LogP contribution in [0.3, 0.4) is 0 Å². The van der Waals surface area contributed by atoms with Crippen LogP contribution in [0.2, 0.25) is 0 Å². The molecular formula is C17H26N4O3. The Balaban J connectivity index is 2.04. The van der Waals surface area contributed by atoms with Crippen molar-refractivity contribution in [2.75, 3.05) is 27.2 Å². The number of nitrogens with zero attached hydrogens (tertiary/aromatic N) is 3. The third-order valence-electron chi connectivity index (χ3n) is 4.38. The van der Waals surface area contributed by atoms with Gasteiger partial charge in [0.2, 0.25) is 11.8 Å². The fourth-order valence-electron chi connectivity index (χ4n) is 2.98. The summed E-state index contributed by atoms with van der Waals surface area (Å²) in [7, 11) is 3.35. The van der Waals surface area contributed by atoms with Crippen molar-refractivity contribution in [1.82, 2.24) is 14.8 Å². The molecule has 2 atom stereocenters. The molecule has 2 amide bonds. The molecule has 1 aromatic rings. The Bertz CT molecular complexity index is 593. The number of hydrogen-bond donors (Lipinski definition) is 1. The molecule has 7 heteroatoms. The van der Waals surface area contributed by atoms with E-state index in [2.05, 4.69) is 4.98 Å². The number of nitrogens with two attached hydrogens (primary N) is 1. The van der Waals surface area contributed by atoms with Gasteiger partial charge in [-0.3, -0.25) is 14.6 Å². The molecule has 1 aliphatic heterocycles. The molecule has 0 aliphatic carbocycles. The highest BCUT2D eigenvalue weighted by molar-refractivity contribution is 5.80. The Morgan fingerprint density at radius 2 is 2.17 bits per heavy atom. The Kier molecular flexibility index (Phi) is 6.14. The molecule has 2 rings (SSSR count). The molecule has 0 bridgehead atoms. The maximum atomic E-state index is 12.8. The van der Waals surface area contributed by atoms with E-state index in [0.29, 0.717) is 31.8 Å². The van der Waals surface area contributed by atoms with Gasteiger partial charge in [-0.15, -0.1) is 0 Å². The minimum absolute atomic E-state index is 0.0139. The van der Waals surface area contributed by atoms with Crippen LogP contribution in [0.25, 0.3) is 0 Å². The second-order valence-corrected chi connectivity index (χ2v) is 6.34. The zero-order chi connectivity index (χ0) is 17.7. The number of ether oxygens (including phenoxy) is 1. The smallest absolute Gasteiger partial charge is 0.227 e. The fourth-order valence-corrected chi connectivity index (χ4v) is 2.98. The summed E-state index contributed by atoms with van der Waals surface area (Å²) < 4.78 is 5.18. The van der Waals surface area contributed by atoms with Crippen LogP contribution in [0.1, 0.15) is 25.5 Å². The monoisotopic (exact) mass is 334 g/mol. The fraction of sp³-hybridized carbons (Fsp3) is 0.588. The van der Waals surface area contributed by atoms with Gasteiger partial charge in [-0.2, -0.15) is 0 Å². The third kappa shape index (κ3) is 4.67. The van der Waals surface area contributed by atoms with Crippen LogP contribution >= 0.6 is 0 Å². The lowest BCUT2D eigenvalue weighted by Gasteiger charge is -2.26. The normalized spacial score (nSPS) is 21.1. The van der Waals surface area contributed by atoms with Gasteiger partial charge in [0.15, 0.2) is 0 Å². The highest BCUT2D eigenvalue weighted by Gasteiger charge is 2.30. The molecule has 1 aromatic heterocycles. The van der Waals surface area contributed by atoms with Crippen LogP contribution in [0.15, 0.2) is 18.3 Å². The first-order valence-corrected chi connectivity index (χ1v) is 8.15. The predicted molar refractivity (Wildman–Crippen MR) is 90.2 cm³/mol. The minimum atomic E-state index is -0.224. The molecule has 0 radical (unpaired) electrons. The van der Waals surface area contributed by atoms with Gasteiger partial charge in [0.05, 0.1) is 25.3 Å². The second-order valence-electron chi connectivity index (χ2n) is 6.34. The van der Waals surface area contributed by atoms with Gasteiger partial charge < -0.3 is 20.3 Å². The number of hydrogen-bond acceptors (Lipinski definition) is 5. The third-order valence-corrected chi connectivity index (χ3v) is 4.38. The lowest BCUT2D eigenvalue weighted by molar-refractivity contribution is -0.137. The van der Waals surface area contributed by atoms with E-state index in [4.69, 9.17) is 10.5 Å². The average Bonchev–Trinajstić information content (AvgIpc) is 2.76. The molecule has 2 heterocycles. The van der Waals surface area contributed by atoms with Crippen LogP contribution < -0.4 is 10.5 Å². The molecule has 1 aliphatic rings. The SMILES string of the molecule is COc1ccnc(CN(C)C(=O)[C@@H]2CC[C@H](N)CN(C(C)=O)C2)c1. The van der Waals surface area contributed by atoms with Crippen molar-refractivity contribution in [3.63, 3.8) is 0 Å². The van der Waals surface area contributed by atoms with Crippen molar-refractivity contribution >= 4 is 11.8 Å². The van der Waals surface area contributed by atoms with Gasteiger partial charge in [-0.1, -0.05) is 0 Å². The van der Waals surface area contributed by atoms with Crippen molar-refractivity contribution in [2.24, 2.45) is 11.7 Å². The van der Waals surface area contributed by atoms with E-state index in [1.165, 1.54) is 6.92 Å². The number of likely N-dealkylation sites (tertiary alicyclic amines) is 1. The van der Waals surface area contributed by atoms with E-state index in [0.717, 1.165) is 12.1 Å². The predicted octanol–water partition coefficient (Wildman–Crippen LogP) is 0.634. The van der Waals surface area contributed by atoms with Crippen LogP contribution in [0.4, 0.5) is 0 Å². The largest absolute Gasteiger partial charge is 0.497 e. The van der Waals surface area contributed by atoms with Crippen molar-refractivity contribution < 1.29 is 14.3 Å². The summed E-state index contributed by atoms with van der Waals surface area (Å²) in [6, 6.07) is 3.51. The molecule has 1 fully saturated rings. The Hall–Kier alpha value is -2.15. The van der Waals surface area contributed by atoms with Gasteiger partial charge >= 0.3 is 0 Å². The van der Waals surface area contributed by atoms with E-state index < -0.39 is 0 Å². The van der Waals surface area contributed by atoms with E-state index >= 15 is 0 Å². The molecule has 24 heavy (non-hydrogen) atoms. The highest BCUT2D eigenvalue weighted by Crippen LogP contribution is 2.19. The van der Waals surface area contributed by atoms with Gasteiger partial charge in [-0.05, 0) is 18.9 Å². The van der Waals surface area contributed by atoms with Crippen molar-refractivity contribution in [3.05, 3.63) is 24.0 Å². The Labute approximate surface area is 142 Å². The maximum absolute atomic E-state index is 12.8. The lowest BCUT2D eigenvalue weighted by Crippen LogP contribution is -2.42. The first kappa shape index (κ1) is 18.2. The van der Waals surface area contributed by atoms with Gasteiger partial charge in [0, 0.05) is 45.4 Å². The number of amides is 2. The van der Waals surface area contributed by atoms with Crippen molar-refractivity contribution in [3.8, 4) is 5.75 Å². The zero-order valence-electron chi connectivity index (χ0n) is 14.6. The summed E-state index contributed by atoms with van der Waals surface area (Å²) in [5.74, 6) is 0.462. The Morgan fingerprint density at radius 3 is 2.83 bits per heavy atom. The lowest BCUT2D eigenvalue weighted by atomic mass is 10.0. The van der Waals surface area contributed by atoms with Crippen molar-refractivity contribution in [2.45, 2.75) is 32.4 Å². The summed E-state index contributed by atoms with van der Waals surface area (Å²) >= 11 is 0. The molecule has 132 valence electrons. The van der Waals surface area contributed by atoms with Crippen molar-refractivity contribution in [1.29, 1.82) is 0 Å². The molecule has 1 saturated heterocycles. The second kappa shape index (κ2) is 8.10. The van der Waals surface area contributed by atoms with E-state index in [1.54, 1.807) is 36.2 Å². The molecule has 2 N–H and O–H groups in total.